The van der Waals surface area contributed by atoms with E-state index in [1.54, 1.807) is 32.0 Å². The van der Waals surface area contributed by atoms with Gasteiger partial charge in [0, 0.05) is 0 Å². The average Bonchev–Trinajstić information content (AvgIpc) is 2.59. The van der Waals surface area contributed by atoms with Gasteiger partial charge in [-0.15, -0.1) is 0 Å². The van der Waals surface area contributed by atoms with Crippen LogP contribution in [0.4, 0.5) is 0 Å². The molecule has 0 N–H and O–H groups in total. The quantitative estimate of drug-likeness (QED) is 0.787. The summed E-state index contributed by atoms with van der Waals surface area (Å²) in [4.78, 5) is 11.8. The maximum absolute atomic E-state index is 11.8. The molecule has 0 fully saturated rings. The number of hydrogen-bond donors (Lipinski definition) is 0. The number of ether oxygens (including phenoxy) is 2. The first-order chi connectivity index (χ1) is 11.0. The predicted molar refractivity (Wildman–Crippen MR) is 87.2 cm³/mol. The third-order valence-electron chi connectivity index (χ3n) is 3.58. The van der Waals surface area contributed by atoms with Gasteiger partial charge in [-0.3, -0.25) is 0 Å². The van der Waals surface area contributed by atoms with Gasteiger partial charge in [0.1, 0.15) is 12.4 Å². The van der Waals surface area contributed by atoms with E-state index in [9.17, 15) is 10.1 Å². The second-order valence-corrected chi connectivity index (χ2v) is 5.75. The lowest BCUT2D eigenvalue weighted by Gasteiger charge is -2.18. The van der Waals surface area contributed by atoms with Crippen LogP contribution in [-0.4, -0.2) is 13.1 Å². The minimum atomic E-state index is -0.727. The minimum Gasteiger partial charge on any atom is -0.489 e. The first-order valence-corrected chi connectivity index (χ1v) is 7.28. The molecule has 4 nitrogen and oxygen atoms in total. The lowest BCUT2D eigenvalue weighted by Crippen LogP contribution is -2.15. The Bertz CT molecular complexity index is 730. The van der Waals surface area contributed by atoms with Crippen molar-refractivity contribution in [2.24, 2.45) is 0 Å². The Hall–Kier alpha value is -2.80. The molecule has 0 atom stereocenters. The molecule has 23 heavy (non-hydrogen) atoms. The second kappa shape index (κ2) is 6.97. The zero-order chi connectivity index (χ0) is 16.9. The van der Waals surface area contributed by atoms with E-state index >= 15 is 0 Å². The summed E-state index contributed by atoms with van der Waals surface area (Å²) in [6.07, 6.45) is 0. The molecule has 0 spiro atoms. The first-order valence-electron chi connectivity index (χ1n) is 7.28. The van der Waals surface area contributed by atoms with Crippen LogP contribution in [-0.2, 0) is 16.8 Å². The number of rotatable bonds is 5. The van der Waals surface area contributed by atoms with Crippen molar-refractivity contribution in [1.29, 1.82) is 5.26 Å². The summed E-state index contributed by atoms with van der Waals surface area (Å²) in [5, 5.41) is 9.33. The Morgan fingerprint density at radius 3 is 2.48 bits per heavy atom. The summed E-state index contributed by atoms with van der Waals surface area (Å²) in [5.74, 6) is 0.0835. The van der Waals surface area contributed by atoms with Gasteiger partial charge >= 0.3 is 5.97 Å². The predicted octanol–water partition coefficient (Wildman–Crippen LogP) is 3.85. The highest BCUT2D eigenvalue weighted by atomic mass is 16.5. The lowest BCUT2D eigenvalue weighted by molar-refractivity contribution is 0.0600. The highest BCUT2D eigenvalue weighted by molar-refractivity contribution is 5.90. The number of esters is 1. The maximum Gasteiger partial charge on any atom is 0.337 e. The third-order valence-corrected chi connectivity index (χ3v) is 3.58. The SMILES string of the molecule is COC(=O)c1cc(OCc2ccccc2)cc(C(C)(C)C#N)c1. The summed E-state index contributed by atoms with van der Waals surface area (Å²) < 4.78 is 10.6. The number of methoxy groups -OCH3 is 1. The Morgan fingerprint density at radius 1 is 1.17 bits per heavy atom. The van der Waals surface area contributed by atoms with Crippen molar-refractivity contribution in [3.05, 3.63) is 65.2 Å². The lowest BCUT2D eigenvalue weighted by atomic mass is 9.85. The Labute approximate surface area is 136 Å². The first kappa shape index (κ1) is 16.6. The van der Waals surface area contributed by atoms with Gasteiger partial charge in [0.05, 0.1) is 24.2 Å². The minimum absolute atomic E-state index is 0.372. The van der Waals surface area contributed by atoms with Crippen LogP contribution in [0.2, 0.25) is 0 Å². The van der Waals surface area contributed by atoms with Crippen LogP contribution in [0.5, 0.6) is 5.75 Å². The highest BCUT2D eigenvalue weighted by Gasteiger charge is 2.23. The molecule has 2 aromatic rings. The molecule has 0 unspecified atom stereocenters. The van der Waals surface area contributed by atoms with E-state index < -0.39 is 11.4 Å². The van der Waals surface area contributed by atoms with Crippen LogP contribution < -0.4 is 4.74 Å². The van der Waals surface area contributed by atoms with Crippen LogP contribution in [0.1, 0.15) is 35.3 Å². The smallest absolute Gasteiger partial charge is 0.337 e. The van der Waals surface area contributed by atoms with Gasteiger partial charge in [-0.1, -0.05) is 30.3 Å². The molecule has 0 aliphatic heterocycles. The van der Waals surface area contributed by atoms with Crippen molar-refractivity contribution in [3.8, 4) is 11.8 Å². The molecule has 118 valence electrons. The normalized spacial score (nSPS) is 10.7. The summed E-state index contributed by atoms with van der Waals surface area (Å²) in [7, 11) is 1.33. The van der Waals surface area contributed by atoms with Gasteiger partial charge in [0.2, 0.25) is 0 Å². The van der Waals surface area contributed by atoms with Gasteiger partial charge in [-0.25, -0.2) is 4.79 Å². The molecule has 0 saturated heterocycles. The summed E-state index contributed by atoms with van der Waals surface area (Å²) in [5.41, 5.74) is 1.38. The van der Waals surface area contributed by atoms with Crippen LogP contribution in [0.25, 0.3) is 0 Å². The standard InChI is InChI=1S/C19H19NO3/c1-19(2,13-20)16-9-15(18(21)22-3)10-17(11-16)23-12-14-7-5-4-6-8-14/h4-11H,12H2,1-3H3. The van der Waals surface area contributed by atoms with Crippen LogP contribution in [0.15, 0.2) is 48.5 Å². The summed E-state index contributed by atoms with van der Waals surface area (Å²) >= 11 is 0. The molecule has 0 radical (unpaired) electrons. The van der Waals surface area contributed by atoms with E-state index in [1.165, 1.54) is 7.11 Å². The van der Waals surface area contributed by atoms with Crippen molar-refractivity contribution in [2.75, 3.05) is 7.11 Å². The molecule has 0 aromatic heterocycles. The molecule has 2 aromatic carbocycles. The molecule has 0 saturated carbocycles. The van der Waals surface area contributed by atoms with Crippen molar-refractivity contribution in [3.63, 3.8) is 0 Å². The van der Waals surface area contributed by atoms with E-state index in [-0.39, 0.29) is 0 Å². The van der Waals surface area contributed by atoms with Gasteiger partial charge in [-0.2, -0.15) is 5.26 Å². The number of benzene rings is 2. The Balaban J connectivity index is 2.33. The molecule has 4 heteroatoms. The van der Waals surface area contributed by atoms with E-state index in [0.29, 0.717) is 23.5 Å². The maximum atomic E-state index is 11.8. The van der Waals surface area contributed by atoms with Crippen LogP contribution in [0.3, 0.4) is 0 Å². The van der Waals surface area contributed by atoms with E-state index in [4.69, 9.17) is 9.47 Å². The van der Waals surface area contributed by atoms with Crippen molar-refractivity contribution >= 4 is 5.97 Å². The second-order valence-electron chi connectivity index (χ2n) is 5.75. The molecular formula is C19H19NO3. The Kier molecular flexibility index (Phi) is 5.02. The Morgan fingerprint density at radius 2 is 1.87 bits per heavy atom. The largest absolute Gasteiger partial charge is 0.489 e. The number of hydrogen-bond acceptors (Lipinski definition) is 4. The molecule has 0 bridgehead atoms. The zero-order valence-corrected chi connectivity index (χ0v) is 13.5. The van der Waals surface area contributed by atoms with Crippen molar-refractivity contribution in [2.45, 2.75) is 25.9 Å². The molecule has 0 aliphatic rings. The van der Waals surface area contributed by atoms with Crippen LogP contribution in [0, 0.1) is 11.3 Å². The number of nitrogens with zero attached hydrogens (tertiary/aromatic N) is 1. The average molecular weight is 309 g/mol. The van der Waals surface area contributed by atoms with Gasteiger partial charge in [-0.05, 0) is 43.2 Å². The summed E-state index contributed by atoms with van der Waals surface area (Å²) in [6.45, 7) is 3.98. The number of nitriles is 1. The van der Waals surface area contributed by atoms with E-state index in [0.717, 1.165) is 5.56 Å². The highest BCUT2D eigenvalue weighted by Crippen LogP contribution is 2.28. The van der Waals surface area contributed by atoms with Gasteiger partial charge < -0.3 is 9.47 Å². The van der Waals surface area contributed by atoms with Crippen molar-refractivity contribution in [1.82, 2.24) is 0 Å². The third kappa shape index (κ3) is 4.10. The fourth-order valence-corrected chi connectivity index (χ4v) is 2.08. The molecule has 2 rings (SSSR count). The topological polar surface area (TPSA) is 59.3 Å². The molecule has 0 aliphatic carbocycles. The monoisotopic (exact) mass is 309 g/mol. The number of carbonyl (C=O) groups excluding carboxylic acids is 1. The number of carbonyl (C=O) groups is 1. The summed E-state index contributed by atoms with van der Waals surface area (Å²) in [6, 6.07) is 17.1. The zero-order valence-electron chi connectivity index (χ0n) is 13.5. The molecule has 0 heterocycles. The van der Waals surface area contributed by atoms with E-state index in [2.05, 4.69) is 6.07 Å². The fourth-order valence-electron chi connectivity index (χ4n) is 2.08. The fraction of sp³-hybridized carbons (Fsp3) is 0.263. The van der Waals surface area contributed by atoms with Gasteiger partial charge in [0.15, 0.2) is 0 Å². The van der Waals surface area contributed by atoms with Crippen molar-refractivity contribution < 1.29 is 14.3 Å². The van der Waals surface area contributed by atoms with Gasteiger partial charge in [0.25, 0.3) is 0 Å². The van der Waals surface area contributed by atoms with Crippen LogP contribution >= 0.6 is 0 Å². The van der Waals surface area contributed by atoms with E-state index in [1.807, 2.05) is 30.3 Å². The molecular weight excluding hydrogens is 290 g/mol. The molecule has 0 amide bonds.